The molecule has 0 amide bonds. The number of rotatable bonds is 11. The molecular formula is C18H22ClN5O2. The Kier molecular flexibility index (Phi) is 8.35. The Bertz CT molecular complexity index is 725. The highest BCUT2D eigenvalue weighted by Crippen LogP contribution is 2.14. The third kappa shape index (κ3) is 7.48. The van der Waals surface area contributed by atoms with Crippen LogP contribution in [0.15, 0.2) is 54.7 Å². The molecule has 0 aromatic carbocycles. The van der Waals surface area contributed by atoms with Crippen molar-refractivity contribution in [2.45, 2.75) is 25.7 Å². The smallest absolute Gasteiger partial charge is 0.274 e. The van der Waals surface area contributed by atoms with Gasteiger partial charge in [-0.1, -0.05) is 17.7 Å². The molecule has 0 spiro atoms. The van der Waals surface area contributed by atoms with Crippen molar-refractivity contribution >= 4 is 11.6 Å². The Hall–Kier alpha value is -2.67. The average molecular weight is 376 g/mol. The van der Waals surface area contributed by atoms with E-state index in [0.717, 1.165) is 36.9 Å². The number of hydrogen-bond acceptors (Lipinski definition) is 6. The standard InChI is InChI=1S/C18H22ClN5O2/c19-16-7-5-12-21-17(16)8-2-4-11-22-18(14-24(25)26)23-13-9-15-6-1-3-10-20-15/h1,3,5-7,10,12,14,22-23H,2,4,8-9,11,13H2/b18-14-. The van der Waals surface area contributed by atoms with Crippen LogP contribution in [0.3, 0.4) is 0 Å². The van der Waals surface area contributed by atoms with E-state index >= 15 is 0 Å². The maximum atomic E-state index is 10.8. The topological polar surface area (TPSA) is 93.0 Å². The highest BCUT2D eigenvalue weighted by molar-refractivity contribution is 6.31. The predicted molar refractivity (Wildman–Crippen MR) is 101 cm³/mol. The Morgan fingerprint density at radius 3 is 2.62 bits per heavy atom. The van der Waals surface area contributed by atoms with Crippen LogP contribution >= 0.6 is 11.6 Å². The van der Waals surface area contributed by atoms with E-state index in [2.05, 4.69) is 20.6 Å². The molecule has 2 rings (SSSR count). The van der Waals surface area contributed by atoms with Crippen LogP contribution in [0.25, 0.3) is 0 Å². The highest BCUT2D eigenvalue weighted by Gasteiger charge is 2.04. The zero-order valence-corrected chi connectivity index (χ0v) is 15.2. The fourth-order valence-electron chi connectivity index (χ4n) is 2.37. The molecule has 138 valence electrons. The number of halogens is 1. The molecule has 0 saturated carbocycles. The van der Waals surface area contributed by atoms with Crippen molar-refractivity contribution in [3.63, 3.8) is 0 Å². The minimum atomic E-state index is -0.468. The van der Waals surface area contributed by atoms with Gasteiger partial charge < -0.3 is 10.6 Å². The van der Waals surface area contributed by atoms with Gasteiger partial charge in [-0.3, -0.25) is 20.1 Å². The third-order valence-electron chi connectivity index (χ3n) is 3.65. The second kappa shape index (κ2) is 11.0. The van der Waals surface area contributed by atoms with Gasteiger partial charge in [0.2, 0.25) is 0 Å². The normalized spacial score (nSPS) is 11.2. The van der Waals surface area contributed by atoms with Gasteiger partial charge in [0.25, 0.3) is 6.20 Å². The van der Waals surface area contributed by atoms with E-state index in [1.807, 2.05) is 24.3 Å². The largest absolute Gasteiger partial charge is 0.367 e. The summed E-state index contributed by atoms with van der Waals surface area (Å²) in [7, 11) is 0. The van der Waals surface area contributed by atoms with Gasteiger partial charge in [-0.25, -0.2) is 0 Å². The highest BCUT2D eigenvalue weighted by atomic mass is 35.5. The number of aryl methyl sites for hydroxylation is 1. The van der Waals surface area contributed by atoms with Crippen LogP contribution in [0.5, 0.6) is 0 Å². The van der Waals surface area contributed by atoms with Crippen molar-refractivity contribution < 1.29 is 4.92 Å². The number of unbranched alkanes of at least 4 members (excludes halogenated alkanes) is 1. The Labute approximate surface area is 157 Å². The van der Waals surface area contributed by atoms with Crippen molar-refractivity contribution in [3.8, 4) is 0 Å². The molecule has 0 aliphatic rings. The lowest BCUT2D eigenvalue weighted by atomic mass is 10.2. The fraction of sp³-hybridized carbons (Fsp3) is 0.333. The summed E-state index contributed by atoms with van der Waals surface area (Å²) in [5, 5.41) is 17.6. The summed E-state index contributed by atoms with van der Waals surface area (Å²) in [6.07, 6.45) is 7.62. The molecule has 7 nitrogen and oxygen atoms in total. The molecule has 0 aliphatic carbocycles. The first kappa shape index (κ1) is 19.7. The number of nitrogens with one attached hydrogen (secondary N) is 2. The van der Waals surface area contributed by atoms with E-state index in [1.165, 1.54) is 0 Å². The second-order valence-corrected chi connectivity index (χ2v) is 6.05. The van der Waals surface area contributed by atoms with Crippen molar-refractivity contribution in [1.29, 1.82) is 0 Å². The molecule has 8 heteroatoms. The van der Waals surface area contributed by atoms with Gasteiger partial charge in [0.1, 0.15) is 0 Å². The summed E-state index contributed by atoms with van der Waals surface area (Å²) in [5.74, 6) is 0.404. The average Bonchev–Trinajstić information content (AvgIpc) is 2.63. The number of aromatic nitrogens is 2. The molecule has 2 aromatic rings. The zero-order chi connectivity index (χ0) is 18.6. The third-order valence-corrected chi connectivity index (χ3v) is 3.99. The summed E-state index contributed by atoms with van der Waals surface area (Å²) < 4.78 is 0. The van der Waals surface area contributed by atoms with E-state index in [9.17, 15) is 10.1 Å². The van der Waals surface area contributed by atoms with Gasteiger partial charge in [0.05, 0.1) is 15.6 Å². The molecule has 2 aromatic heterocycles. The Morgan fingerprint density at radius 2 is 1.88 bits per heavy atom. The lowest BCUT2D eigenvalue weighted by molar-refractivity contribution is -0.404. The summed E-state index contributed by atoms with van der Waals surface area (Å²) in [6, 6.07) is 9.33. The summed E-state index contributed by atoms with van der Waals surface area (Å²) in [4.78, 5) is 18.8. The molecule has 0 bridgehead atoms. The number of hydrogen-bond donors (Lipinski definition) is 2. The first-order valence-electron chi connectivity index (χ1n) is 8.47. The van der Waals surface area contributed by atoms with Crippen LogP contribution in [0, 0.1) is 10.1 Å². The fourth-order valence-corrected chi connectivity index (χ4v) is 2.59. The zero-order valence-electron chi connectivity index (χ0n) is 14.4. The van der Waals surface area contributed by atoms with Crippen LogP contribution in [-0.2, 0) is 12.8 Å². The quantitative estimate of drug-likeness (QED) is 0.356. The van der Waals surface area contributed by atoms with E-state index in [1.54, 1.807) is 18.5 Å². The molecule has 0 atom stereocenters. The molecule has 0 aliphatic heterocycles. The predicted octanol–water partition coefficient (Wildman–Crippen LogP) is 2.95. The molecule has 0 radical (unpaired) electrons. The first-order chi connectivity index (χ1) is 12.6. The van der Waals surface area contributed by atoms with Crippen molar-refractivity contribution in [2.75, 3.05) is 13.1 Å². The summed E-state index contributed by atoms with van der Waals surface area (Å²) in [6.45, 7) is 1.19. The molecular weight excluding hydrogens is 354 g/mol. The van der Waals surface area contributed by atoms with E-state index in [-0.39, 0.29) is 0 Å². The minimum absolute atomic E-state index is 0.404. The van der Waals surface area contributed by atoms with E-state index < -0.39 is 4.92 Å². The van der Waals surface area contributed by atoms with Gasteiger partial charge in [-0.05, 0) is 43.5 Å². The number of nitrogens with zero attached hydrogens (tertiary/aromatic N) is 3. The minimum Gasteiger partial charge on any atom is -0.367 e. The lowest BCUT2D eigenvalue weighted by Gasteiger charge is -2.11. The second-order valence-electron chi connectivity index (χ2n) is 5.64. The first-order valence-corrected chi connectivity index (χ1v) is 8.85. The molecule has 0 fully saturated rings. The van der Waals surface area contributed by atoms with E-state index in [0.29, 0.717) is 30.4 Å². The van der Waals surface area contributed by atoms with Gasteiger partial charge in [-0.15, -0.1) is 0 Å². The monoisotopic (exact) mass is 375 g/mol. The van der Waals surface area contributed by atoms with Crippen LogP contribution in [0.1, 0.15) is 24.2 Å². The maximum Gasteiger partial charge on any atom is 0.274 e. The van der Waals surface area contributed by atoms with Gasteiger partial charge in [0, 0.05) is 37.6 Å². The summed E-state index contributed by atoms with van der Waals surface area (Å²) >= 11 is 6.08. The maximum absolute atomic E-state index is 10.8. The number of nitro groups is 1. The molecule has 26 heavy (non-hydrogen) atoms. The van der Waals surface area contributed by atoms with Crippen LogP contribution in [-0.4, -0.2) is 28.0 Å². The van der Waals surface area contributed by atoms with Crippen molar-refractivity contribution in [1.82, 2.24) is 20.6 Å². The Balaban J connectivity index is 1.70. The van der Waals surface area contributed by atoms with Gasteiger partial charge in [0.15, 0.2) is 5.82 Å². The SMILES string of the molecule is O=[N+]([O-])/C=C(/NCCCCc1ncccc1Cl)NCCc1ccccn1. The van der Waals surface area contributed by atoms with E-state index in [4.69, 9.17) is 11.6 Å². The van der Waals surface area contributed by atoms with Crippen molar-refractivity contribution in [3.05, 3.63) is 81.3 Å². The molecule has 2 heterocycles. The van der Waals surface area contributed by atoms with Crippen LogP contribution in [0.4, 0.5) is 0 Å². The lowest BCUT2D eigenvalue weighted by Crippen LogP contribution is -2.29. The van der Waals surface area contributed by atoms with Gasteiger partial charge in [-0.2, -0.15) is 0 Å². The molecule has 0 unspecified atom stereocenters. The van der Waals surface area contributed by atoms with Crippen LogP contribution in [0.2, 0.25) is 5.02 Å². The van der Waals surface area contributed by atoms with Crippen molar-refractivity contribution in [2.24, 2.45) is 0 Å². The Morgan fingerprint density at radius 1 is 1.08 bits per heavy atom. The summed E-state index contributed by atoms with van der Waals surface area (Å²) in [5.41, 5.74) is 1.82. The molecule has 0 saturated heterocycles. The molecule has 2 N–H and O–H groups in total. The van der Waals surface area contributed by atoms with Crippen LogP contribution < -0.4 is 10.6 Å². The van der Waals surface area contributed by atoms with Gasteiger partial charge >= 0.3 is 0 Å². The number of pyridine rings is 2.